The van der Waals surface area contributed by atoms with Crippen LogP contribution in [0.1, 0.15) is 24.8 Å². The van der Waals surface area contributed by atoms with Crippen LogP contribution in [0.25, 0.3) is 0 Å². The maximum absolute atomic E-state index is 9.01. The molecule has 3 heterocycles. The minimum Gasteiger partial charge on any atom is -0.354 e. The Morgan fingerprint density at radius 3 is 3.00 bits per heavy atom. The highest BCUT2D eigenvalue weighted by atomic mass is 35.5. The van der Waals surface area contributed by atoms with Gasteiger partial charge in [0.15, 0.2) is 0 Å². The first kappa shape index (κ1) is 12.7. The third-order valence-electron chi connectivity index (χ3n) is 4.07. The van der Waals surface area contributed by atoms with Gasteiger partial charge in [-0.15, -0.1) is 0 Å². The maximum atomic E-state index is 9.01. The number of piperidine rings is 1. The first-order chi connectivity index (χ1) is 9.26. The number of hydrogen-bond acceptors (Lipinski definition) is 4. The number of aromatic nitrogens is 1. The minimum absolute atomic E-state index is 0.403. The Morgan fingerprint density at radius 1 is 1.26 bits per heavy atom. The van der Waals surface area contributed by atoms with Crippen LogP contribution in [0.5, 0.6) is 0 Å². The first-order valence-corrected chi connectivity index (χ1v) is 7.21. The van der Waals surface area contributed by atoms with Crippen LogP contribution < -0.4 is 4.90 Å². The summed E-state index contributed by atoms with van der Waals surface area (Å²) in [5.74, 6) is 0.842. The Hall–Kier alpha value is -1.31. The highest BCUT2D eigenvalue weighted by Gasteiger charge is 2.29. The van der Waals surface area contributed by atoms with Crippen molar-refractivity contribution in [1.82, 2.24) is 9.88 Å². The summed E-state index contributed by atoms with van der Waals surface area (Å²) in [7, 11) is 0. The van der Waals surface area contributed by atoms with E-state index in [2.05, 4.69) is 20.9 Å². The number of rotatable bonds is 1. The van der Waals surface area contributed by atoms with Crippen molar-refractivity contribution in [2.45, 2.75) is 25.3 Å². The molecule has 3 rings (SSSR count). The topological polar surface area (TPSA) is 43.2 Å². The van der Waals surface area contributed by atoms with E-state index in [9.17, 15) is 0 Å². The standard InChI is InChI=1S/C14H17ClN4/c15-13-7-11(9-16)8-14(17-13)19-6-5-18-4-2-1-3-12(18)10-19/h7-8,12H,1-6,10H2. The van der Waals surface area contributed by atoms with Gasteiger partial charge in [-0.2, -0.15) is 5.26 Å². The van der Waals surface area contributed by atoms with Gasteiger partial charge in [0.2, 0.25) is 0 Å². The lowest BCUT2D eigenvalue weighted by Gasteiger charge is -2.44. The van der Waals surface area contributed by atoms with Crippen molar-refractivity contribution >= 4 is 17.4 Å². The molecule has 0 amide bonds. The van der Waals surface area contributed by atoms with E-state index in [1.165, 1.54) is 25.8 Å². The molecule has 19 heavy (non-hydrogen) atoms. The average molecular weight is 277 g/mol. The van der Waals surface area contributed by atoms with Crippen LogP contribution in [0.15, 0.2) is 12.1 Å². The fourth-order valence-electron chi connectivity index (χ4n) is 3.07. The number of fused-ring (bicyclic) bond motifs is 1. The van der Waals surface area contributed by atoms with E-state index in [1.54, 1.807) is 6.07 Å². The van der Waals surface area contributed by atoms with Gasteiger partial charge in [0.1, 0.15) is 11.0 Å². The molecule has 2 saturated heterocycles. The van der Waals surface area contributed by atoms with Crippen LogP contribution in [0, 0.1) is 11.3 Å². The lowest BCUT2D eigenvalue weighted by molar-refractivity contribution is 0.133. The van der Waals surface area contributed by atoms with Gasteiger partial charge in [-0.3, -0.25) is 4.90 Å². The second-order valence-corrected chi connectivity index (χ2v) is 5.67. The molecule has 2 aliphatic rings. The molecule has 4 nitrogen and oxygen atoms in total. The lowest BCUT2D eigenvalue weighted by Crippen LogP contribution is -2.55. The molecule has 1 aromatic heterocycles. The Bertz CT molecular complexity index is 511. The lowest BCUT2D eigenvalue weighted by atomic mass is 9.99. The normalized spacial score (nSPS) is 23.8. The Kier molecular flexibility index (Phi) is 3.58. The van der Waals surface area contributed by atoms with Gasteiger partial charge in [-0.05, 0) is 31.5 Å². The predicted octanol–water partition coefficient (Wildman–Crippen LogP) is 2.28. The fourth-order valence-corrected chi connectivity index (χ4v) is 3.28. The number of nitriles is 1. The molecule has 0 N–H and O–H groups in total. The van der Waals surface area contributed by atoms with Crippen molar-refractivity contribution < 1.29 is 0 Å². The molecular weight excluding hydrogens is 260 g/mol. The van der Waals surface area contributed by atoms with Crippen LogP contribution >= 0.6 is 11.6 Å². The molecule has 0 bridgehead atoms. The summed E-state index contributed by atoms with van der Waals surface area (Å²) in [6.07, 6.45) is 3.91. The summed E-state index contributed by atoms with van der Waals surface area (Å²) >= 11 is 5.99. The molecule has 0 aliphatic carbocycles. The zero-order chi connectivity index (χ0) is 13.2. The highest BCUT2D eigenvalue weighted by molar-refractivity contribution is 6.29. The SMILES string of the molecule is N#Cc1cc(Cl)nc(N2CCN3CCCCC3C2)c1. The Morgan fingerprint density at radius 2 is 2.16 bits per heavy atom. The van der Waals surface area contributed by atoms with Gasteiger partial charge in [0.05, 0.1) is 11.6 Å². The molecule has 5 heteroatoms. The summed E-state index contributed by atoms with van der Waals surface area (Å²) in [5.41, 5.74) is 0.584. The zero-order valence-electron chi connectivity index (χ0n) is 10.8. The van der Waals surface area contributed by atoms with E-state index in [-0.39, 0.29) is 0 Å². The number of halogens is 1. The van der Waals surface area contributed by atoms with Crippen molar-refractivity contribution in [2.75, 3.05) is 31.1 Å². The zero-order valence-corrected chi connectivity index (χ0v) is 11.6. The summed E-state index contributed by atoms with van der Waals surface area (Å²) in [6, 6.07) is 6.23. The largest absolute Gasteiger partial charge is 0.354 e. The van der Waals surface area contributed by atoms with Crippen LogP contribution in [0.2, 0.25) is 5.15 Å². The summed E-state index contributed by atoms with van der Waals surface area (Å²) in [6.45, 7) is 4.28. The summed E-state index contributed by atoms with van der Waals surface area (Å²) in [5, 5.41) is 9.41. The van der Waals surface area contributed by atoms with Gasteiger partial charge < -0.3 is 4.90 Å². The van der Waals surface area contributed by atoms with Gasteiger partial charge in [-0.25, -0.2) is 4.98 Å². The number of piperazine rings is 1. The van der Waals surface area contributed by atoms with Gasteiger partial charge in [-0.1, -0.05) is 18.0 Å². The number of hydrogen-bond donors (Lipinski definition) is 0. The van der Waals surface area contributed by atoms with E-state index >= 15 is 0 Å². The molecule has 0 saturated carbocycles. The third kappa shape index (κ3) is 2.68. The third-order valence-corrected chi connectivity index (χ3v) is 4.26. The molecule has 1 aromatic rings. The highest BCUT2D eigenvalue weighted by Crippen LogP contribution is 2.25. The quantitative estimate of drug-likeness (QED) is 0.738. The summed E-state index contributed by atoms with van der Waals surface area (Å²) in [4.78, 5) is 9.21. The molecule has 1 unspecified atom stereocenters. The van der Waals surface area contributed by atoms with E-state index < -0.39 is 0 Å². The smallest absolute Gasteiger partial charge is 0.132 e. The van der Waals surface area contributed by atoms with E-state index in [1.807, 2.05) is 6.07 Å². The molecule has 100 valence electrons. The van der Waals surface area contributed by atoms with Crippen molar-refractivity contribution in [1.29, 1.82) is 5.26 Å². The van der Waals surface area contributed by atoms with Gasteiger partial charge in [0.25, 0.3) is 0 Å². The van der Waals surface area contributed by atoms with Crippen LogP contribution in [-0.4, -0.2) is 42.1 Å². The molecule has 2 fully saturated rings. The van der Waals surface area contributed by atoms with Crippen molar-refractivity contribution in [3.8, 4) is 6.07 Å². The van der Waals surface area contributed by atoms with Gasteiger partial charge in [0, 0.05) is 25.7 Å². The number of nitrogens with zero attached hydrogens (tertiary/aromatic N) is 4. The second kappa shape index (κ2) is 5.36. The molecule has 1 atom stereocenters. The molecule has 0 spiro atoms. The molecule has 2 aliphatic heterocycles. The fraction of sp³-hybridized carbons (Fsp3) is 0.571. The second-order valence-electron chi connectivity index (χ2n) is 5.28. The first-order valence-electron chi connectivity index (χ1n) is 6.83. The van der Waals surface area contributed by atoms with E-state index in [0.717, 1.165) is 25.5 Å². The monoisotopic (exact) mass is 276 g/mol. The molecular formula is C14H17ClN4. The number of anilines is 1. The van der Waals surface area contributed by atoms with Crippen LogP contribution in [0.3, 0.4) is 0 Å². The molecule has 0 radical (unpaired) electrons. The number of pyridine rings is 1. The Balaban J connectivity index is 1.79. The van der Waals surface area contributed by atoms with Gasteiger partial charge >= 0.3 is 0 Å². The average Bonchev–Trinajstić information content (AvgIpc) is 2.46. The van der Waals surface area contributed by atoms with Crippen molar-refractivity contribution in [3.63, 3.8) is 0 Å². The summed E-state index contributed by atoms with van der Waals surface area (Å²) < 4.78 is 0. The predicted molar refractivity (Wildman–Crippen MR) is 75.4 cm³/mol. The van der Waals surface area contributed by atoms with Crippen LogP contribution in [-0.2, 0) is 0 Å². The minimum atomic E-state index is 0.403. The van der Waals surface area contributed by atoms with Crippen LogP contribution in [0.4, 0.5) is 5.82 Å². The van der Waals surface area contributed by atoms with E-state index in [4.69, 9.17) is 16.9 Å². The van der Waals surface area contributed by atoms with Crippen molar-refractivity contribution in [3.05, 3.63) is 22.8 Å². The van der Waals surface area contributed by atoms with E-state index in [0.29, 0.717) is 16.8 Å². The maximum Gasteiger partial charge on any atom is 0.132 e. The molecule has 0 aromatic carbocycles. The Labute approximate surface area is 118 Å². The van der Waals surface area contributed by atoms with Crippen molar-refractivity contribution in [2.24, 2.45) is 0 Å².